The number of para-hydroxylation sites is 1. The Morgan fingerprint density at radius 3 is 2.39 bits per heavy atom. The normalized spacial score (nSPS) is 28.0. The van der Waals surface area contributed by atoms with Gasteiger partial charge in [0.05, 0.1) is 12.8 Å². The summed E-state index contributed by atoms with van der Waals surface area (Å²) in [6.45, 7) is 2.88. The molecule has 174 valence electrons. The molecule has 2 aromatic carbocycles. The van der Waals surface area contributed by atoms with Gasteiger partial charge in [0.2, 0.25) is 0 Å². The summed E-state index contributed by atoms with van der Waals surface area (Å²) in [6, 6.07) is 13.9. The molecule has 3 nitrogen and oxygen atoms in total. The SMILES string of the molecule is COc1c(C)cccc1-c1[nH]c2ccc(C34CC5CC(CC(C5)C3)C4)cc2c1CCCCN. The van der Waals surface area contributed by atoms with Crippen molar-refractivity contribution in [2.45, 2.75) is 70.1 Å². The number of unbranched alkanes of at least 4 members (excludes halogenated alkanes) is 1. The number of benzene rings is 2. The van der Waals surface area contributed by atoms with Gasteiger partial charge in [-0.1, -0.05) is 18.2 Å². The zero-order valence-electron chi connectivity index (χ0n) is 20.3. The largest absolute Gasteiger partial charge is 0.496 e. The van der Waals surface area contributed by atoms with E-state index in [0.717, 1.165) is 49.3 Å². The second-order valence-electron chi connectivity index (χ2n) is 11.3. The minimum atomic E-state index is 0.427. The van der Waals surface area contributed by atoms with E-state index in [-0.39, 0.29) is 0 Å². The molecule has 0 atom stereocenters. The van der Waals surface area contributed by atoms with Gasteiger partial charge >= 0.3 is 0 Å². The van der Waals surface area contributed by atoms with Crippen LogP contribution in [0, 0.1) is 24.7 Å². The van der Waals surface area contributed by atoms with Crippen molar-refractivity contribution >= 4 is 10.9 Å². The summed E-state index contributed by atoms with van der Waals surface area (Å²) in [5.74, 6) is 3.88. The minimum absolute atomic E-state index is 0.427. The first-order valence-corrected chi connectivity index (χ1v) is 13.1. The van der Waals surface area contributed by atoms with Gasteiger partial charge in [0, 0.05) is 16.5 Å². The number of nitrogens with one attached hydrogen (secondary N) is 1. The van der Waals surface area contributed by atoms with Gasteiger partial charge in [0.25, 0.3) is 0 Å². The van der Waals surface area contributed by atoms with E-state index in [1.807, 2.05) is 0 Å². The third-order valence-corrected chi connectivity index (χ3v) is 9.12. The van der Waals surface area contributed by atoms with Crippen molar-refractivity contribution in [3.05, 3.63) is 53.1 Å². The molecule has 7 rings (SSSR count). The number of fused-ring (bicyclic) bond motifs is 1. The highest BCUT2D eigenvalue weighted by Crippen LogP contribution is 2.61. The Balaban J connectivity index is 1.48. The highest BCUT2D eigenvalue weighted by Gasteiger charge is 2.51. The number of methoxy groups -OCH3 is 1. The molecule has 1 aromatic heterocycles. The Labute approximate surface area is 198 Å². The van der Waals surface area contributed by atoms with Crippen LogP contribution >= 0.6 is 0 Å². The lowest BCUT2D eigenvalue weighted by molar-refractivity contribution is -0.00513. The van der Waals surface area contributed by atoms with Crippen LogP contribution in [0.4, 0.5) is 0 Å². The predicted molar refractivity (Wildman–Crippen MR) is 137 cm³/mol. The maximum absolute atomic E-state index is 5.86. The number of aromatic amines is 1. The van der Waals surface area contributed by atoms with Gasteiger partial charge in [-0.2, -0.15) is 0 Å². The van der Waals surface area contributed by atoms with Gasteiger partial charge in [-0.15, -0.1) is 0 Å². The average Bonchev–Trinajstić information content (AvgIpc) is 3.16. The highest BCUT2D eigenvalue weighted by atomic mass is 16.5. The summed E-state index contributed by atoms with van der Waals surface area (Å²) >= 11 is 0. The molecule has 3 heteroatoms. The van der Waals surface area contributed by atoms with E-state index >= 15 is 0 Å². The first-order valence-electron chi connectivity index (χ1n) is 13.1. The molecule has 33 heavy (non-hydrogen) atoms. The molecule has 3 N–H and O–H groups in total. The van der Waals surface area contributed by atoms with Crippen LogP contribution in [0.2, 0.25) is 0 Å². The van der Waals surface area contributed by atoms with Crippen molar-refractivity contribution in [2.24, 2.45) is 23.5 Å². The Morgan fingerprint density at radius 2 is 1.73 bits per heavy atom. The fourth-order valence-electron chi connectivity index (χ4n) is 8.10. The molecule has 0 radical (unpaired) electrons. The van der Waals surface area contributed by atoms with Crippen LogP contribution in [0.5, 0.6) is 5.75 Å². The van der Waals surface area contributed by atoms with Crippen molar-refractivity contribution in [1.29, 1.82) is 0 Å². The van der Waals surface area contributed by atoms with E-state index in [1.54, 1.807) is 12.7 Å². The van der Waals surface area contributed by atoms with E-state index in [9.17, 15) is 0 Å². The van der Waals surface area contributed by atoms with Crippen molar-refractivity contribution in [3.63, 3.8) is 0 Å². The van der Waals surface area contributed by atoms with Gasteiger partial charge < -0.3 is 15.5 Å². The van der Waals surface area contributed by atoms with Crippen LogP contribution in [-0.4, -0.2) is 18.6 Å². The number of ether oxygens (including phenoxy) is 1. The Kier molecular flexibility index (Phi) is 5.29. The third-order valence-electron chi connectivity index (χ3n) is 9.12. The van der Waals surface area contributed by atoms with Crippen LogP contribution in [0.1, 0.15) is 68.1 Å². The lowest BCUT2D eigenvalue weighted by Crippen LogP contribution is -2.48. The van der Waals surface area contributed by atoms with E-state index in [0.29, 0.717) is 5.41 Å². The van der Waals surface area contributed by atoms with Crippen LogP contribution in [-0.2, 0) is 11.8 Å². The second-order valence-corrected chi connectivity index (χ2v) is 11.3. The quantitative estimate of drug-likeness (QED) is 0.391. The van der Waals surface area contributed by atoms with Gasteiger partial charge in [-0.3, -0.25) is 0 Å². The molecular weight excluding hydrogens is 404 g/mol. The summed E-state index contributed by atoms with van der Waals surface area (Å²) in [6.07, 6.45) is 11.9. The monoisotopic (exact) mass is 442 g/mol. The molecule has 0 unspecified atom stereocenters. The fourth-order valence-corrected chi connectivity index (χ4v) is 8.10. The average molecular weight is 443 g/mol. The predicted octanol–water partition coefficient (Wildman–Crippen LogP) is 6.90. The van der Waals surface area contributed by atoms with Crippen molar-refractivity contribution in [3.8, 4) is 17.0 Å². The van der Waals surface area contributed by atoms with Crippen LogP contribution in [0.25, 0.3) is 22.2 Å². The van der Waals surface area contributed by atoms with Crippen molar-refractivity contribution in [2.75, 3.05) is 13.7 Å². The number of aryl methyl sites for hydroxylation is 2. The minimum Gasteiger partial charge on any atom is -0.496 e. The van der Waals surface area contributed by atoms with Gasteiger partial charge in [-0.25, -0.2) is 0 Å². The van der Waals surface area contributed by atoms with Crippen LogP contribution < -0.4 is 10.5 Å². The first kappa shape index (κ1) is 21.3. The maximum Gasteiger partial charge on any atom is 0.131 e. The molecule has 4 bridgehead atoms. The molecular formula is C30H38N2O. The Bertz CT molecular complexity index is 1140. The second kappa shape index (κ2) is 8.20. The molecule has 4 aliphatic carbocycles. The van der Waals surface area contributed by atoms with E-state index in [2.05, 4.69) is 48.3 Å². The number of hydrogen-bond donors (Lipinski definition) is 2. The summed E-state index contributed by atoms with van der Waals surface area (Å²) in [7, 11) is 1.79. The van der Waals surface area contributed by atoms with E-state index in [1.165, 1.54) is 71.8 Å². The number of aromatic nitrogens is 1. The van der Waals surface area contributed by atoms with Crippen molar-refractivity contribution < 1.29 is 4.74 Å². The number of nitrogens with two attached hydrogens (primary N) is 1. The standard InChI is InChI=1S/C30H38N2O/c1-19-6-5-8-25(29(19)33-2)28-24(7-3-4-11-31)26-15-23(9-10-27(26)32-28)30-16-20-12-21(17-30)14-22(13-20)18-30/h5-6,8-10,15,20-22,32H,3-4,7,11-14,16-18,31H2,1-2H3. The topological polar surface area (TPSA) is 51.0 Å². The summed E-state index contributed by atoms with van der Waals surface area (Å²) in [5.41, 5.74) is 14.2. The summed E-state index contributed by atoms with van der Waals surface area (Å²) < 4.78 is 5.86. The van der Waals surface area contributed by atoms with Gasteiger partial charge in [-0.05, 0) is 129 Å². The Morgan fingerprint density at radius 1 is 1.00 bits per heavy atom. The molecule has 0 saturated heterocycles. The molecule has 0 aliphatic heterocycles. The summed E-state index contributed by atoms with van der Waals surface area (Å²) in [5, 5.41) is 1.42. The maximum atomic E-state index is 5.86. The fraction of sp³-hybridized carbons (Fsp3) is 0.533. The lowest BCUT2D eigenvalue weighted by Gasteiger charge is -2.57. The highest BCUT2D eigenvalue weighted by molar-refractivity contribution is 5.92. The van der Waals surface area contributed by atoms with E-state index < -0.39 is 0 Å². The molecule has 4 aliphatic rings. The van der Waals surface area contributed by atoms with Gasteiger partial charge in [0.1, 0.15) is 5.75 Å². The number of hydrogen-bond acceptors (Lipinski definition) is 2. The first-order chi connectivity index (χ1) is 16.1. The number of rotatable bonds is 7. The molecule has 0 amide bonds. The molecule has 0 spiro atoms. The van der Waals surface area contributed by atoms with Crippen LogP contribution in [0.15, 0.2) is 36.4 Å². The lowest BCUT2D eigenvalue weighted by atomic mass is 9.48. The molecule has 4 fully saturated rings. The molecule has 3 aromatic rings. The zero-order valence-corrected chi connectivity index (χ0v) is 20.3. The Hall–Kier alpha value is -2.26. The zero-order chi connectivity index (χ0) is 22.6. The van der Waals surface area contributed by atoms with Gasteiger partial charge in [0.15, 0.2) is 0 Å². The third kappa shape index (κ3) is 3.51. The smallest absolute Gasteiger partial charge is 0.131 e. The summed E-state index contributed by atoms with van der Waals surface area (Å²) in [4.78, 5) is 3.80. The number of H-pyrrole nitrogens is 1. The van der Waals surface area contributed by atoms with Crippen molar-refractivity contribution in [1.82, 2.24) is 4.98 Å². The van der Waals surface area contributed by atoms with Crippen LogP contribution in [0.3, 0.4) is 0 Å². The molecule has 1 heterocycles. The van der Waals surface area contributed by atoms with E-state index in [4.69, 9.17) is 10.5 Å². The molecule has 4 saturated carbocycles.